The van der Waals surface area contributed by atoms with E-state index in [1.807, 2.05) is 26.8 Å². The fraction of sp³-hybridized carbons (Fsp3) is 0.267. The third-order valence-corrected chi connectivity index (χ3v) is 3.47. The summed E-state index contributed by atoms with van der Waals surface area (Å²) in [7, 11) is 0. The Bertz CT molecular complexity index is 611. The number of nitrogens with zero attached hydrogens (tertiary/aromatic N) is 1. The van der Waals surface area contributed by atoms with Crippen LogP contribution in [0, 0.1) is 20.8 Å². The van der Waals surface area contributed by atoms with Crippen LogP contribution < -0.4 is 4.74 Å². The van der Waals surface area contributed by atoms with E-state index in [2.05, 4.69) is 11.1 Å². The predicted molar refractivity (Wildman–Crippen MR) is 75.9 cm³/mol. The van der Waals surface area contributed by atoms with Crippen LogP contribution in [-0.4, -0.2) is 10.1 Å². The van der Waals surface area contributed by atoms with E-state index >= 15 is 0 Å². The number of aliphatic hydroxyl groups is 1. The van der Waals surface area contributed by atoms with Crippen molar-refractivity contribution in [1.29, 1.82) is 0 Å². The van der Waals surface area contributed by atoms with Crippen LogP contribution in [0.15, 0.2) is 24.3 Å². The lowest BCUT2D eigenvalue weighted by Crippen LogP contribution is -1.98. The van der Waals surface area contributed by atoms with E-state index in [0.717, 1.165) is 22.4 Å². The molecule has 2 aromatic rings. The van der Waals surface area contributed by atoms with Crippen LogP contribution in [0.1, 0.15) is 22.4 Å². The van der Waals surface area contributed by atoms with Crippen LogP contribution in [0.4, 0.5) is 0 Å². The Balaban J connectivity index is 2.39. The lowest BCUT2D eigenvalue weighted by molar-refractivity contribution is 0.275. The van der Waals surface area contributed by atoms with Gasteiger partial charge in [0.05, 0.1) is 17.3 Å². The molecule has 100 valence electrons. The molecule has 2 rings (SSSR count). The Labute approximate surface area is 117 Å². The summed E-state index contributed by atoms with van der Waals surface area (Å²) in [6.07, 6.45) is 0. The zero-order valence-electron chi connectivity index (χ0n) is 11.2. The van der Waals surface area contributed by atoms with Gasteiger partial charge in [0.2, 0.25) is 5.88 Å². The van der Waals surface area contributed by atoms with Crippen molar-refractivity contribution in [3.63, 3.8) is 0 Å². The molecule has 0 aliphatic rings. The first kappa shape index (κ1) is 13.8. The van der Waals surface area contributed by atoms with Crippen LogP contribution in [0.3, 0.4) is 0 Å². The Morgan fingerprint density at radius 1 is 1.11 bits per heavy atom. The second-order valence-corrected chi connectivity index (χ2v) is 4.90. The molecule has 0 aliphatic heterocycles. The number of rotatable bonds is 3. The minimum Gasteiger partial charge on any atom is -0.438 e. The molecule has 0 aliphatic carbocycles. The maximum atomic E-state index is 9.16. The van der Waals surface area contributed by atoms with Gasteiger partial charge in [0.15, 0.2) is 0 Å². The predicted octanol–water partition coefficient (Wildman–Crippen LogP) is 3.94. The summed E-state index contributed by atoms with van der Waals surface area (Å²) in [6, 6.07) is 7.45. The molecule has 1 aromatic carbocycles. The van der Waals surface area contributed by atoms with E-state index in [-0.39, 0.29) is 6.61 Å². The van der Waals surface area contributed by atoms with E-state index in [0.29, 0.717) is 16.6 Å². The van der Waals surface area contributed by atoms with Gasteiger partial charge in [0, 0.05) is 6.07 Å². The molecule has 0 saturated carbocycles. The fourth-order valence-electron chi connectivity index (χ4n) is 1.82. The second-order valence-electron chi connectivity index (χ2n) is 4.49. The van der Waals surface area contributed by atoms with Crippen LogP contribution in [0.2, 0.25) is 5.02 Å². The summed E-state index contributed by atoms with van der Waals surface area (Å²) >= 11 is 5.91. The zero-order valence-corrected chi connectivity index (χ0v) is 12.0. The van der Waals surface area contributed by atoms with Crippen molar-refractivity contribution in [1.82, 2.24) is 4.98 Å². The first-order valence-electron chi connectivity index (χ1n) is 6.04. The Morgan fingerprint density at radius 3 is 2.47 bits per heavy atom. The number of ether oxygens (including phenoxy) is 1. The zero-order chi connectivity index (χ0) is 14.0. The molecule has 1 aromatic heterocycles. The molecule has 0 saturated heterocycles. The second kappa shape index (κ2) is 5.59. The molecule has 0 fully saturated rings. The first-order chi connectivity index (χ1) is 9.02. The number of hydrogen-bond donors (Lipinski definition) is 1. The first-order valence-corrected chi connectivity index (χ1v) is 6.41. The van der Waals surface area contributed by atoms with Crippen molar-refractivity contribution in [2.24, 2.45) is 0 Å². The molecule has 0 spiro atoms. The highest BCUT2D eigenvalue weighted by Gasteiger charge is 2.10. The summed E-state index contributed by atoms with van der Waals surface area (Å²) in [5, 5.41) is 9.60. The summed E-state index contributed by atoms with van der Waals surface area (Å²) < 4.78 is 5.84. The molecule has 0 radical (unpaired) electrons. The molecule has 1 heterocycles. The highest BCUT2D eigenvalue weighted by Crippen LogP contribution is 2.30. The third kappa shape index (κ3) is 2.88. The minimum absolute atomic E-state index is 0.207. The topological polar surface area (TPSA) is 42.4 Å². The summed E-state index contributed by atoms with van der Waals surface area (Å²) in [5.41, 5.74) is 3.71. The lowest BCUT2D eigenvalue weighted by atomic mass is 10.1. The minimum atomic E-state index is -0.207. The van der Waals surface area contributed by atoms with Gasteiger partial charge in [-0.3, -0.25) is 0 Å². The van der Waals surface area contributed by atoms with Crippen molar-refractivity contribution >= 4 is 11.6 Å². The van der Waals surface area contributed by atoms with E-state index in [9.17, 15) is 0 Å². The van der Waals surface area contributed by atoms with Crippen molar-refractivity contribution in [3.8, 4) is 11.6 Å². The highest BCUT2D eigenvalue weighted by molar-refractivity contribution is 6.31. The number of aromatic nitrogens is 1. The Kier molecular flexibility index (Phi) is 4.08. The van der Waals surface area contributed by atoms with E-state index < -0.39 is 0 Å². The van der Waals surface area contributed by atoms with Crippen molar-refractivity contribution in [3.05, 3.63) is 51.7 Å². The van der Waals surface area contributed by atoms with Gasteiger partial charge in [-0.15, -0.1) is 0 Å². The average Bonchev–Trinajstić information content (AvgIpc) is 2.41. The van der Waals surface area contributed by atoms with Crippen LogP contribution in [0.25, 0.3) is 0 Å². The fourth-order valence-corrected chi connectivity index (χ4v) is 1.98. The van der Waals surface area contributed by atoms with Gasteiger partial charge < -0.3 is 9.84 Å². The van der Waals surface area contributed by atoms with Gasteiger partial charge in [-0.1, -0.05) is 23.7 Å². The number of aryl methyl sites for hydroxylation is 2. The molecular formula is C15H16ClNO2. The maximum absolute atomic E-state index is 9.16. The quantitative estimate of drug-likeness (QED) is 0.924. The monoisotopic (exact) mass is 277 g/mol. The number of pyridine rings is 1. The van der Waals surface area contributed by atoms with Crippen molar-refractivity contribution in [2.45, 2.75) is 27.4 Å². The van der Waals surface area contributed by atoms with E-state index in [1.165, 1.54) is 0 Å². The number of aliphatic hydroxyl groups excluding tert-OH is 1. The molecule has 4 heteroatoms. The number of halogens is 1. The largest absolute Gasteiger partial charge is 0.438 e. The smallest absolute Gasteiger partial charge is 0.219 e. The summed E-state index contributed by atoms with van der Waals surface area (Å²) in [6.45, 7) is 5.84. The molecule has 1 N–H and O–H groups in total. The maximum Gasteiger partial charge on any atom is 0.219 e. The average molecular weight is 278 g/mol. The summed E-state index contributed by atoms with van der Waals surface area (Å²) in [4.78, 5) is 4.19. The summed E-state index contributed by atoms with van der Waals surface area (Å²) in [5.74, 6) is 1.24. The number of hydrogen-bond acceptors (Lipinski definition) is 3. The standard InChI is InChI=1S/C15H16ClNO2/c1-9-4-5-10(2)15(11(9)3)19-14-7-6-12(16)13(8-18)17-14/h4-7,18H,8H2,1-3H3. The number of benzene rings is 1. The SMILES string of the molecule is Cc1ccc(C)c(Oc2ccc(Cl)c(CO)n2)c1C. The van der Waals surface area contributed by atoms with Crippen LogP contribution >= 0.6 is 11.6 Å². The van der Waals surface area contributed by atoms with E-state index in [1.54, 1.807) is 12.1 Å². The molecule has 0 amide bonds. The van der Waals surface area contributed by atoms with Crippen molar-refractivity contribution < 1.29 is 9.84 Å². The van der Waals surface area contributed by atoms with Crippen molar-refractivity contribution in [2.75, 3.05) is 0 Å². The van der Waals surface area contributed by atoms with Gasteiger partial charge in [0.25, 0.3) is 0 Å². The van der Waals surface area contributed by atoms with Crippen LogP contribution in [-0.2, 0) is 6.61 Å². The molecule has 0 bridgehead atoms. The molecule has 0 unspecified atom stereocenters. The van der Waals surface area contributed by atoms with Gasteiger partial charge in [-0.05, 0) is 43.5 Å². The molecular weight excluding hydrogens is 262 g/mol. The van der Waals surface area contributed by atoms with Gasteiger partial charge in [0.1, 0.15) is 5.75 Å². The molecule has 19 heavy (non-hydrogen) atoms. The lowest BCUT2D eigenvalue weighted by Gasteiger charge is -2.13. The third-order valence-electron chi connectivity index (χ3n) is 3.12. The van der Waals surface area contributed by atoms with Gasteiger partial charge >= 0.3 is 0 Å². The Morgan fingerprint density at radius 2 is 1.79 bits per heavy atom. The highest BCUT2D eigenvalue weighted by atomic mass is 35.5. The van der Waals surface area contributed by atoms with Crippen LogP contribution in [0.5, 0.6) is 11.6 Å². The normalized spacial score (nSPS) is 10.6. The van der Waals surface area contributed by atoms with Gasteiger partial charge in [-0.2, -0.15) is 0 Å². The van der Waals surface area contributed by atoms with Gasteiger partial charge in [-0.25, -0.2) is 4.98 Å². The van der Waals surface area contributed by atoms with E-state index in [4.69, 9.17) is 21.4 Å². The molecule has 0 atom stereocenters. The Hall–Kier alpha value is -1.58. The molecule has 3 nitrogen and oxygen atoms in total.